The fourth-order valence-electron chi connectivity index (χ4n) is 2.92. The smallest absolute Gasteiger partial charge is 0.130 e. The molecule has 2 aliphatic rings. The molecule has 2 aliphatic heterocycles. The number of nitrogens with zero attached hydrogens (tertiary/aromatic N) is 3. The van der Waals surface area contributed by atoms with Crippen molar-refractivity contribution in [3.63, 3.8) is 0 Å². The number of nitrogens with two attached hydrogens (primary N) is 1. The Morgan fingerprint density at radius 3 is 2.59 bits per heavy atom. The molecule has 1 aromatic rings. The first-order valence-corrected chi connectivity index (χ1v) is 6.41. The quantitative estimate of drug-likeness (QED) is 0.825. The van der Waals surface area contributed by atoms with Gasteiger partial charge in [-0.3, -0.25) is 4.90 Å². The first-order valence-electron chi connectivity index (χ1n) is 6.03. The Morgan fingerprint density at radius 2 is 2.00 bits per heavy atom. The highest BCUT2D eigenvalue weighted by Gasteiger charge is 2.37. The van der Waals surface area contributed by atoms with Gasteiger partial charge in [0.05, 0.1) is 10.7 Å². The van der Waals surface area contributed by atoms with Crippen molar-refractivity contribution in [3.05, 3.63) is 17.3 Å². The van der Waals surface area contributed by atoms with Gasteiger partial charge in [-0.25, -0.2) is 4.98 Å². The molecule has 2 saturated heterocycles. The van der Waals surface area contributed by atoms with E-state index in [4.69, 9.17) is 17.3 Å². The van der Waals surface area contributed by atoms with Crippen LogP contribution in [-0.4, -0.2) is 42.1 Å². The van der Waals surface area contributed by atoms with Gasteiger partial charge in [0.25, 0.3) is 0 Å². The summed E-state index contributed by atoms with van der Waals surface area (Å²) in [6.07, 6.45) is 4.23. The average Bonchev–Trinajstić information content (AvgIpc) is 2.55. The largest absolute Gasteiger partial charge is 0.397 e. The molecule has 17 heavy (non-hydrogen) atoms. The molecule has 3 heterocycles. The minimum absolute atomic E-state index is 0.533. The van der Waals surface area contributed by atoms with Crippen molar-refractivity contribution >= 4 is 23.1 Å². The third kappa shape index (κ3) is 1.85. The first-order chi connectivity index (χ1) is 8.15. The van der Waals surface area contributed by atoms with E-state index >= 15 is 0 Å². The highest BCUT2D eigenvalue weighted by atomic mass is 35.5. The molecule has 3 rings (SSSR count). The molecule has 2 fully saturated rings. The van der Waals surface area contributed by atoms with Crippen LogP contribution in [0, 0.1) is 0 Å². The van der Waals surface area contributed by atoms with Gasteiger partial charge >= 0.3 is 0 Å². The summed E-state index contributed by atoms with van der Waals surface area (Å²) in [6.45, 7) is 2.09. The average molecular weight is 253 g/mol. The molecular formula is C12H17ClN4. The summed E-state index contributed by atoms with van der Waals surface area (Å²) < 4.78 is 0. The van der Waals surface area contributed by atoms with E-state index in [2.05, 4.69) is 21.8 Å². The van der Waals surface area contributed by atoms with Gasteiger partial charge < -0.3 is 10.6 Å². The molecule has 4 nitrogen and oxygen atoms in total. The lowest BCUT2D eigenvalue weighted by atomic mass is 10.2. The van der Waals surface area contributed by atoms with Crippen molar-refractivity contribution in [3.8, 4) is 0 Å². The minimum atomic E-state index is 0.533. The highest BCUT2D eigenvalue weighted by molar-refractivity contribution is 6.32. The van der Waals surface area contributed by atoms with Crippen LogP contribution in [-0.2, 0) is 0 Å². The Labute approximate surface area is 106 Å². The lowest BCUT2D eigenvalue weighted by Crippen LogP contribution is -2.52. The van der Waals surface area contributed by atoms with Crippen LogP contribution in [0.15, 0.2) is 12.3 Å². The molecule has 0 spiro atoms. The van der Waals surface area contributed by atoms with Gasteiger partial charge in [-0.15, -0.1) is 0 Å². The van der Waals surface area contributed by atoms with Crippen molar-refractivity contribution in [2.24, 2.45) is 0 Å². The normalized spacial score (nSPS) is 28.7. The van der Waals surface area contributed by atoms with E-state index < -0.39 is 0 Å². The van der Waals surface area contributed by atoms with Crippen LogP contribution in [0.3, 0.4) is 0 Å². The number of hydrogen-bond acceptors (Lipinski definition) is 4. The molecule has 0 aromatic carbocycles. The fraction of sp³-hybridized carbons (Fsp3) is 0.583. The molecule has 0 radical (unpaired) electrons. The van der Waals surface area contributed by atoms with Gasteiger partial charge in [-0.05, 0) is 19.9 Å². The number of rotatable bonds is 1. The zero-order chi connectivity index (χ0) is 12.0. The monoisotopic (exact) mass is 252 g/mol. The summed E-state index contributed by atoms with van der Waals surface area (Å²) in [5, 5.41) is 0.533. The number of likely N-dealkylation sites (N-methyl/N-ethyl adjacent to an activating group) is 1. The predicted molar refractivity (Wildman–Crippen MR) is 70.4 cm³/mol. The minimum Gasteiger partial charge on any atom is -0.397 e. The summed E-state index contributed by atoms with van der Waals surface area (Å²) in [7, 11) is 2.23. The number of halogens is 1. The maximum Gasteiger partial charge on any atom is 0.130 e. The van der Waals surface area contributed by atoms with E-state index in [-0.39, 0.29) is 0 Å². The van der Waals surface area contributed by atoms with Crippen molar-refractivity contribution in [1.29, 1.82) is 0 Å². The molecular weight excluding hydrogens is 236 g/mol. The van der Waals surface area contributed by atoms with Crippen LogP contribution < -0.4 is 10.6 Å². The Morgan fingerprint density at radius 1 is 1.35 bits per heavy atom. The molecule has 0 aliphatic carbocycles. The van der Waals surface area contributed by atoms with Gasteiger partial charge in [0.15, 0.2) is 0 Å². The van der Waals surface area contributed by atoms with E-state index in [1.165, 1.54) is 12.8 Å². The van der Waals surface area contributed by atoms with E-state index in [1.807, 2.05) is 6.07 Å². The topological polar surface area (TPSA) is 45.4 Å². The Hall–Kier alpha value is -1.00. The van der Waals surface area contributed by atoms with E-state index in [0.29, 0.717) is 22.8 Å². The third-order valence-corrected chi connectivity index (χ3v) is 4.36. The SMILES string of the molecule is CN1C2CCC1CN(c1cc(N)c(Cl)cn1)C2. The lowest BCUT2D eigenvalue weighted by molar-refractivity contribution is 0.212. The number of pyridine rings is 1. The number of hydrogen-bond donors (Lipinski definition) is 1. The maximum atomic E-state index is 5.90. The highest BCUT2D eigenvalue weighted by Crippen LogP contribution is 2.31. The molecule has 0 saturated carbocycles. The summed E-state index contributed by atoms with van der Waals surface area (Å²) in [4.78, 5) is 9.20. The maximum absolute atomic E-state index is 5.90. The summed E-state index contributed by atoms with van der Waals surface area (Å²) in [5.41, 5.74) is 6.44. The molecule has 2 N–H and O–H groups in total. The molecule has 2 bridgehead atoms. The number of aromatic nitrogens is 1. The number of nitrogen functional groups attached to an aromatic ring is 1. The second-order valence-corrected chi connectivity index (χ2v) is 5.43. The Kier molecular flexibility index (Phi) is 2.64. The Balaban J connectivity index is 1.84. The van der Waals surface area contributed by atoms with Crippen LogP contribution in [0.2, 0.25) is 5.02 Å². The van der Waals surface area contributed by atoms with Crippen molar-refractivity contribution in [2.45, 2.75) is 24.9 Å². The lowest BCUT2D eigenvalue weighted by Gasteiger charge is -2.39. The molecule has 1 aromatic heterocycles. The third-order valence-electron chi connectivity index (χ3n) is 4.04. The van der Waals surface area contributed by atoms with Gasteiger partial charge in [0.1, 0.15) is 5.82 Å². The number of piperazine rings is 1. The van der Waals surface area contributed by atoms with Gasteiger partial charge in [-0.1, -0.05) is 11.6 Å². The first kappa shape index (κ1) is 11.1. The van der Waals surface area contributed by atoms with Gasteiger partial charge in [0.2, 0.25) is 0 Å². The molecule has 5 heteroatoms. The van der Waals surface area contributed by atoms with E-state index in [1.54, 1.807) is 6.20 Å². The second-order valence-electron chi connectivity index (χ2n) is 5.02. The van der Waals surface area contributed by atoms with Crippen LogP contribution in [0.25, 0.3) is 0 Å². The van der Waals surface area contributed by atoms with Crippen molar-refractivity contribution < 1.29 is 0 Å². The zero-order valence-corrected chi connectivity index (χ0v) is 10.7. The van der Waals surface area contributed by atoms with Gasteiger partial charge in [-0.2, -0.15) is 0 Å². The number of anilines is 2. The molecule has 2 atom stereocenters. The number of fused-ring (bicyclic) bond motifs is 2. The summed E-state index contributed by atoms with van der Waals surface area (Å²) >= 11 is 5.90. The van der Waals surface area contributed by atoms with Crippen LogP contribution in [0.4, 0.5) is 11.5 Å². The van der Waals surface area contributed by atoms with Crippen LogP contribution >= 0.6 is 11.6 Å². The van der Waals surface area contributed by atoms with Crippen molar-refractivity contribution in [1.82, 2.24) is 9.88 Å². The second kappa shape index (κ2) is 4.03. The zero-order valence-electron chi connectivity index (χ0n) is 9.93. The van der Waals surface area contributed by atoms with Crippen LogP contribution in [0.1, 0.15) is 12.8 Å². The predicted octanol–water partition coefficient (Wildman–Crippen LogP) is 1.60. The molecule has 2 unspecified atom stereocenters. The van der Waals surface area contributed by atoms with Gasteiger partial charge in [0, 0.05) is 37.4 Å². The van der Waals surface area contributed by atoms with E-state index in [0.717, 1.165) is 18.9 Å². The standard InChI is InChI=1S/C12H17ClN4/c1-16-8-2-3-9(16)7-17(6-8)12-4-11(14)10(13)5-15-12/h4-5,8-9H,2-3,6-7H2,1H3,(H2,14,15). The fourth-order valence-corrected chi connectivity index (χ4v) is 3.02. The Bertz CT molecular complexity index is 423. The van der Waals surface area contributed by atoms with E-state index in [9.17, 15) is 0 Å². The van der Waals surface area contributed by atoms with Crippen LogP contribution in [0.5, 0.6) is 0 Å². The molecule has 0 amide bonds. The molecule has 92 valence electrons. The summed E-state index contributed by atoms with van der Waals surface area (Å²) in [5.74, 6) is 0.955. The van der Waals surface area contributed by atoms with Crippen molar-refractivity contribution in [2.75, 3.05) is 30.8 Å². The summed E-state index contributed by atoms with van der Waals surface area (Å²) in [6, 6.07) is 3.20.